The highest BCUT2D eigenvalue weighted by molar-refractivity contribution is 5.64. The monoisotopic (exact) mass is 215 g/mol. The van der Waals surface area contributed by atoms with Crippen LogP contribution in [0.2, 0.25) is 0 Å². The van der Waals surface area contributed by atoms with E-state index in [0.29, 0.717) is 0 Å². The molecule has 16 heavy (non-hydrogen) atoms. The molecule has 1 saturated heterocycles. The summed E-state index contributed by atoms with van der Waals surface area (Å²) in [6.07, 6.45) is 5.45. The van der Waals surface area contributed by atoms with E-state index in [9.17, 15) is 0 Å². The third-order valence-electron chi connectivity index (χ3n) is 3.33. The Balaban J connectivity index is 2.10. The van der Waals surface area contributed by atoms with Crippen LogP contribution in [-0.4, -0.2) is 13.1 Å². The molecule has 0 bridgehead atoms. The summed E-state index contributed by atoms with van der Waals surface area (Å²) in [5.41, 5.74) is 3.76. The molecule has 0 atom stereocenters. The third kappa shape index (κ3) is 2.66. The van der Waals surface area contributed by atoms with Crippen LogP contribution in [0.25, 0.3) is 5.57 Å². The molecular weight excluding hydrogens is 194 g/mol. The van der Waals surface area contributed by atoms with Gasteiger partial charge in [-0.2, -0.15) is 0 Å². The molecule has 0 saturated carbocycles. The molecule has 1 heteroatoms. The molecule has 0 radical (unpaired) electrons. The van der Waals surface area contributed by atoms with Crippen molar-refractivity contribution in [3.8, 4) is 0 Å². The molecule has 1 aliphatic rings. The molecule has 1 aliphatic heterocycles. The van der Waals surface area contributed by atoms with E-state index in [2.05, 4.69) is 42.7 Å². The zero-order valence-electron chi connectivity index (χ0n) is 10.2. The smallest absolute Gasteiger partial charge is 0.0366 e. The number of anilines is 1. The maximum absolute atomic E-state index is 3.97. The van der Waals surface area contributed by atoms with Gasteiger partial charge in [-0.15, -0.1) is 0 Å². The van der Waals surface area contributed by atoms with Crippen molar-refractivity contribution in [3.05, 3.63) is 36.4 Å². The number of hydrogen-bond donors (Lipinski definition) is 0. The number of nitrogens with zero attached hydrogens (tertiary/aromatic N) is 1. The second-order valence-electron chi connectivity index (χ2n) is 4.73. The quantitative estimate of drug-likeness (QED) is 0.718. The summed E-state index contributed by atoms with van der Waals surface area (Å²) in [5.74, 6) is 0. The summed E-state index contributed by atoms with van der Waals surface area (Å²) in [5, 5.41) is 0. The van der Waals surface area contributed by atoms with Gasteiger partial charge in [0.15, 0.2) is 0 Å². The van der Waals surface area contributed by atoms with Crippen molar-refractivity contribution in [1.29, 1.82) is 0 Å². The topological polar surface area (TPSA) is 3.24 Å². The largest absolute Gasteiger partial charge is 0.372 e. The maximum Gasteiger partial charge on any atom is 0.0366 e. The number of rotatable bonds is 2. The second-order valence-corrected chi connectivity index (χ2v) is 4.73. The van der Waals surface area contributed by atoms with Crippen LogP contribution in [0.5, 0.6) is 0 Å². The fourth-order valence-corrected chi connectivity index (χ4v) is 2.29. The molecule has 1 nitrogen and oxygen atoms in total. The zero-order chi connectivity index (χ0) is 11.4. The summed E-state index contributed by atoms with van der Waals surface area (Å²) < 4.78 is 0. The number of hydrogen-bond acceptors (Lipinski definition) is 1. The van der Waals surface area contributed by atoms with E-state index in [1.165, 1.54) is 50.0 Å². The van der Waals surface area contributed by atoms with Crippen LogP contribution in [0.3, 0.4) is 0 Å². The average molecular weight is 215 g/mol. The first-order valence-electron chi connectivity index (χ1n) is 6.28. The standard InChI is InChI=1S/C15H21N/c1-13(2)14-7-9-15(10-8-14)16-11-5-3-4-6-12-16/h7-10H,1,3-6,11-12H2,2H3. The number of benzene rings is 1. The van der Waals surface area contributed by atoms with Crippen molar-refractivity contribution in [1.82, 2.24) is 0 Å². The van der Waals surface area contributed by atoms with Crippen LogP contribution in [-0.2, 0) is 0 Å². The Morgan fingerprint density at radius 3 is 2.06 bits per heavy atom. The normalized spacial score (nSPS) is 16.9. The van der Waals surface area contributed by atoms with E-state index in [1.54, 1.807) is 0 Å². The maximum atomic E-state index is 3.97. The van der Waals surface area contributed by atoms with Gasteiger partial charge in [-0.25, -0.2) is 0 Å². The van der Waals surface area contributed by atoms with Crippen LogP contribution in [0.4, 0.5) is 5.69 Å². The van der Waals surface area contributed by atoms with E-state index < -0.39 is 0 Å². The van der Waals surface area contributed by atoms with Gasteiger partial charge in [-0.3, -0.25) is 0 Å². The Morgan fingerprint density at radius 2 is 1.56 bits per heavy atom. The van der Waals surface area contributed by atoms with Gasteiger partial charge in [0.1, 0.15) is 0 Å². The molecule has 2 rings (SSSR count). The minimum atomic E-state index is 1.14. The first kappa shape index (κ1) is 11.3. The lowest BCUT2D eigenvalue weighted by atomic mass is 10.1. The molecule has 0 unspecified atom stereocenters. The van der Waals surface area contributed by atoms with Gasteiger partial charge in [0.2, 0.25) is 0 Å². The van der Waals surface area contributed by atoms with Crippen molar-refractivity contribution in [3.63, 3.8) is 0 Å². The molecule has 0 N–H and O–H groups in total. The Kier molecular flexibility index (Phi) is 3.66. The lowest BCUT2D eigenvalue weighted by Gasteiger charge is -2.22. The lowest BCUT2D eigenvalue weighted by Crippen LogP contribution is -2.23. The fourth-order valence-electron chi connectivity index (χ4n) is 2.29. The zero-order valence-corrected chi connectivity index (χ0v) is 10.2. The molecule has 0 aromatic heterocycles. The van der Waals surface area contributed by atoms with Crippen molar-refractivity contribution < 1.29 is 0 Å². The van der Waals surface area contributed by atoms with Gasteiger partial charge >= 0.3 is 0 Å². The summed E-state index contributed by atoms with van der Waals surface area (Å²) in [6, 6.07) is 8.83. The minimum absolute atomic E-state index is 1.14. The Morgan fingerprint density at radius 1 is 1.00 bits per heavy atom. The van der Waals surface area contributed by atoms with E-state index in [-0.39, 0.29) is 0 Å². The Hall–Kier alpha value is -1.24. The van der Waals surface area contributed by atoms with Crippen LogP contribution >= 0.6 is 0 Å². The summed E-state index contributed by atoms with van der Waals surface area (Å²) in [4.78, 5) is 2.51. The molecule has 1 aromatic rings. The molecule has 1 fully saturated rings. The van der Waals surface area contributed by atoms with Crippen LogP contribution < -0.4 is 4.90 Å². The van der Waals surface area contributed by atoms with Crippen LogP contribution in [0, 0.1) is 0 Å². The highest BCUT2D eigenvalue weighted by Gasteiger charge is 2.09. The van der Waals surface area contributed by atoms with Gasteiger partial charge in [0.05, 0.1) is 0 Å². The second kappa shape index (κ2) is 5.20. The van der Waals surface area contributed by atoms with Crippen molar-refractivity contribution in [2.24, 2.45) is 0 Å². The van der Waals surface area contributed by atoms with Gasteiger partial charge in [0.25, 0.3) is 0 Å². The Labute approximate surface area is 98.8 Å². The molecule has 86 valence electrons. The predicted molar refractivity (Wildman–Crippen MR) is 71.8 cm³/mol. The molecule has 0 amide bonds. The molecule has 1 aromatic carbocycles. The molecule has 0 aliphatic carbocycles. The predicted octanol–water partition coefficient (Wildman–Crippen LogP) is 4.10. The molecular formula is C15H21N. The summed E-state index contributed by atoms with van der Waals surface area (Å²) in [7, 11) is 0. The molecule has 0 spiro atoms. The van der Waals surface area contributed by atoms with Crippen molar-refractivity contribution in [2.75, 3.05) is 18.0 Å². The highest BCUT2D eigenvalue weighted by Crippen LogP contribution is 2.21. The van der Waals surface area contributed by atoms with Gasteiger partial charge in [-0.05, 0) is 37.5 Å². The highest BCUT2D eigenvalue weighted by atomic mass is 15.1. The Bertz CT molecular complexity index is 342. The first-order chi connectivity index (χ1) is 7.77. The number of allylic oxidation sites excluding steroid dienone is 1. The van der Waals surface area contributed by atoms with E-state index >= 15 is 0 Å². The van der Waals surface area contributed by atoms with Gasteiger partial charge < -0.3 is 4.90 Å². The van der Waals surface area contributed by atoms with E-state index in [0.717, 1.165) is 5.57 Å². The fraction of sp³-hybridized carbons (Fsp3) is 0.467. The van der Waals surface area contributed by atoms with Crippen LogP contribution in [0.1, 0.15) is 38.2 Å². The van der Waals surface area contributed by atoms with Crippen molar-refractivity contribution >= 4 is 11.3 Å². The lowest BCUT2D eigenvalue weighted by molar-refractivity contribution is 0.726. The van der Waals surface area contributed by atoms with Gasteiger partial charge in [0, 0.05) is 18.8 Å². The van der Waals surface area contributed by atoms with E-state index in [4.69, 9.17) is 0 Å². The summed E-state index contributed by atoms with van der Waals surface area (Å²) in [6.45, 7) is 8.45. The molecule has 1 heterocycles. The van der Waals surface area contributed by atoms with Crippen LogP contribution in [0.15, 0.2) is 30.8 Å². The SMILES string of the molecule is C=C(C)c1ccc(N2CCCCCC2)cc1. The minimum Gasteiger partial charge on any atom is -0.372 e. The van der Waals surface area contributed by atoms with Crippen molar-refractivity contribution in [2.45, 2.75) is 32.6 Å². The summed E-state index contributed by atoms with van der Waals surface area (Å²) >= 11 is 0. The first-order valence-corrected chi connectivity index (χ1v) is 6.28. The third-order valence-corrected chi connectivity index (χ3v) is 3.33. The average Bonchev–Trinajstić information content (AvgIpc) is 2.57. The van der Waals surface area contributed by atoms with E-state index in [1.807, 2.05) is 0 Å². The van der Waals surface area contributed by atoms with Gasteiger partial charge in [-0.1, -0.05) is 37.1 Å².